The second-order valence-electron chi connectivity index (χ2n) is 4.42. The van der Waals surface area contributed by atoms with E-state index in [1.807, 2.05) is 0 Å². The molecule has 20 heavy (non-hydrogen) atoms. The lowest BCUT2D eigenvalue weighted by Gasteiger charge is -2.18. The average Bonchev–Trinajstić information content (AvgIpc) is 2.42. The molecule has 0 spiro atoms. The van der Waals surface area contributed by atoms with Gasteiger partial charge < -0.3 is 5.32 Å². The summed E-state index contributed by atoms with van der Waals surface area (Å²) in [6.07, 6.45) is 0.522. The maximum absolute atomic E-state index is 14.1. The fraction of sp³-hybridized carbons (Fsp3) is 0.200. The van der Waals surface area contributed by atoms with Crippen molar-refractivity contribution in [1.29, 1.82) is 0 Å². The van der Waals surface area contributed by atoms with Crippen LogP contribution in [0, 0.1) is 11.6 Å². The number of benzene rings is 2. The van der Waals surface area contributed by atoms with Crippen molar-refractivity contribution in [3.63, 3.8) is 0 Å². The third-order valence-corrected chi connectivity index (χ3v) is 4.17. The summed E-state index contributed by atoms with van der Waals surface area (Å²) in [6.45, 7) is 0. The van der Waals surface area contributed by atoms with Crippen molar-refractivity contribution in [2.75, 3.05) is 7.05 Å². The smallest absolute Gasteiger partial charge is 0.146 e. The highest BCUT2D eigenvalue weighted by atomic mass is 79.9. The van der Waals surface area contributed by atoms with Gasteiger partial charge in [0.15, 0.2) is 0 Å². The van der Waals surface area contributed by atoms with Gasteiger partial charge in [0, 0.05) is 16.1 Å². The maximum atomic E-state index is 14.1. The summed E-state index contributed by atoms with van der Waals surface area (Å²) in [6, 6.07) is 9.16. The Morgan fingerprint density at radius 2 is 2.00 bits per heavy atom. The molecule has 2 aromatic carbocycles. The Bertz CT molecular complexity index is 619. The third kappa shape index (κ3) is 3.37. The minimum atomic E-state index is -0.424. The van der Waals surface area contributed by atoms with Crippen molar-refractivity contribution >= 4 is 27.5 Å². The molecule has 0 aliphatic heterocycles. The van der Waals surface area contributed by atoms with Crippen LogP contribution >= 0.6 is 27.5 Å². The van der Waals surface area contributed by atoms with E-state index in [0.29, 0.717) is 16.5 Å². The van der Waals surface area contributed by atoms with Crippen LogP contribution in [0.4, 0.5) is 8.78 Å². The summed E-state index contributed by atoms with van der Waals surface area (Å²) in [5.41, 5.74) is 1.39. The quantitative estimate of drug-likeness (QED) is 0.819. The molecule has 1 N–H and O–H groups in total. The highest BCUT2D eigenvalue weighted by molar-refractivity contribution is 9.10. The zero-order chi connectivity index (χ0) is 14.7. The van der Waals surface area contributed by atoms with Gasteiger partial charge in [-0.05, 0) is 37.2 Å². The SMILES string of the molecule is CNC(Cc1ccc(F)cc1Br)c1cccc(Cl)c1F. The first kappa shape index (κ1) is 15.4. The lowest BCUT2D eigenvalue weighted by atomic mass is 9.98. The molecule has 0 heterocycles. The minimum absolute atomic E-state index is 0.0981. The Hall–Kier alpha value is -0.970. The molecule has 0 aromatic heterocycles. The molecule has 0 saturated carbocycles. The molecule has 1 atom stereocenters. The molecule has 0 radical (unpaired) electrons. The fourth-order valence-electron chi connectivity index (χ4n) is 2.06. The van der Waals surface area contributed by atoms with Gasteiger partial charge in [0.1, 0.15) is 11.6 Å². The highest BCUT2D eigenvalue weighted by Crippen LogP contribution is 2.28. The number of nitrogens with one attached hydrogen (secondary N) is 1. The van der Waals surface area contributed by atoms with Crippen LogP contribution < -0.4 is 5.32 Å². The predicted octanol–water partition coefficient (Wildman–Crippen LogP) is 4.88. The molecular weight excluding hydrogens is 348 g/mol. The monoisotopic (exact) mass is 359 g/mol. The average molecular weight is 361 g/mol. The number of hydrogen-bond acceptors (Lipinski definition) is 1. The standard InChI is InChI=1S/C15H13BrClF2N/c1-20-14(11-3-2-4-13(17)15(11)19)7-9-5-6-10(18)8-12(9)16/h2-6,8,14,20H,7H2,1H3. The lowest BCUT2D eigenvalue weighted by molar-refractivity contribution is 0.533. The van der Waals surface area contributed by atoms with E-state index in [-0.39, 0.29) is 16.9 Å². The largest absolute Gasteiger partial charge is 0.313 e. The van der Waals surface area contributed by atoms with Gasteiger partial charge in [-0.1, -0.05) is 45.7 Å². The molecule has 1 nitrogen and oxygen atoms in total. The fourth-order valence-corrected chi connectivity index (χ4v) is 2.76. The van der Waals surface area contributed by atoms with Gasteiger partial charge >= 0.3 is 0 Å². The van der Waals surface area contributed by atoms with Crippen molar-refractivity contribution in [2.24, 2.45) is 0 Å². The Kier molecular flexibility index (Phi) is 5.13. The zero-order valence-electron chi connectivity index (χ0n) is 10.8. The highest BCUT2D eigenvalue weighted by Gasteiger charge is 2.17. The van der Waals surface area contributed by atoms with Crippen LogP contribution in [0.3, 0.4) is 0 Å². The Balaban J connectivity index is 2.31. The normalized spacial score (nSPS) is 12.4. The van der Waals surface area contributed by atoms with Crippen molar-refractivity contribution in [3.05, 3.63) is 68.7 Å². The zero-order valence-corrected chi connectivity index (χ0v) is 13.1. The van der Waals surface area contributed by atoms with Crippen LogP contribution in [-0.4, -0.2) is 7.05 Å². The number of likely N-dealkylation sites (N-methyl/N-ethyl adjacent to an activating group) is 1. The summed E-state index contributed by atoms with van der Waals surface area (Å²) >= 11 is 9.13. The maximum Gasteiger partial charge on any atom is 0.146 e. The second kappa shape index (κ2) is 6.66. The van der Waals surface area contributed by atoms with Gasteiger partial charge in [-0.15, -0.1) is 0 Å². The van der Waals surface area contributed by atoms with Gasteiger partial charge in [0.05, 0.1) is 5.02 Å². The minimum Gasteiger partial charge on any atom is -0.313 e. The molecule has 0 bridgehead atoms. The number of rotatable bonds is 4. The summed E-state index contributed by atoms with van der Waals surface area (Å²) in [5.74, 6) is -0.734. The molecule has 0 aliphatic carbocycles. The Labute approximate surface area is 130 Å². The molecule has 1 unspecified atom stereocenters. The summed E-state index contributed by atoms with van der Waals surface area (Å²) < 4.78 is 27.8. The summed E-state index contributed by atoms with van der Waals surface area (Å²) in [4.78, 5) is 0. The molecule has 0 aliphatic rings. The number of halogens is 4. The van der Waals surface area contributed by atoms with Gasteiger partial charge in [-0.3, -0.25) is 0 Å². The van der Waals surface area contributed by atoms with Crippen LogP contribution in [0.15, 0.2) is 40.9 Å². The first-order chi connectivity index (χ1) is 9.52. The Morgan fingerprint density at radius 3 is 2.65 bits per heavy atom. The summed E-state index contributed by atoms with van der Waals surface area (Å²) in [7, 11) is 1.75. The van der Waals surface area contributed by atoms with Gasteiger partial charge in [0.25, 0.3) is 0 Å². The molecule has 0 amide bonds. The van der Waals surface area contributed by atoms with Crippen LogP contribution in [0.2, 0.25) is 5.02 Å². The molecule has 0 saturated heterocycles. The first-order valence-electron chi connectivity index (χ1n) is 6.08. The lowest BCUT2D eigenvalue weighted by Crippen LogP contribution is -2.20. The first-order valence-corrected chi connectivity index (χ1v) is 7.25. The van der Waals surface area contributed by atoms with Crippen molar-refractivity contribution < 1.29 is 8.78 Å². The van der Waals surface area contributed by atoms with E-state index in [1.165, 1.54) is 18.2 Å². The van der Waals surface area contributed by atoms with Crippen molar-refractivity contribution in [1.82, 2.24) is 5.32 Å². The van der Waals surface area contributed by atoms with Crippen LogP contribution in [0.25, 0.3) is 0 Å². The van der Waals surface area contributed by atoms with E-state index in [4.69, 9.17) is 11.6 Å². The predicted molar refractivity (Wildman–Crippen MR) is 81.0 cm³/mol. The third-order valence-electron chi connectivity index (χ3n) is 3.14. The molecule has 5 heteroatoms. The van der Waals surface area contributed by atoms with Crippen LogP contribution in [0.5, 0.6) is 0 Å². The van der Waals surface area contributed by atoms with Gasteiger partial charge in [0.2, 0.25) is 0 Å². The second-order valence-corrected chi connectivity index (χ2v) is 5.69. The molecule has 0 fully saturated rings. The van der Waals surface area contributed by atoms with Gasteiger partial charge in [-0.25, -0.2) is 8.78 Å². The van der Waals surface area contributed by atoms with Crippen molar-refractivity contribution in [2.45, 2.75) is 12.5 Å². The molecule has 2 aromatic rings. The van der Waals surface area contributed by atoms with E-state index in [2.05, 4.69) is 21.2 Å². The Morgan fingerprint density at radius 1 is 1.25 bits per heavy atom. The van der Waals surface area contributed by atoms with E-state index < -0.39 is 5.82 Å². The van der Waals surface area contributed by atoms with E-state index in [0.717, 1.165) is 5.56 Å². The van der Waals surface area contributed by atoms with E-state index >= 15 is 0 Å². The molecule has 2 rings (SSSR count). The molecule has 106 valence electrons. The van der Waals surface area contributed by atoms with Crippen LogP contribution in [-0.2, 0) is 6.42 Å². The number of hydrogen-bond donors (Lipinski definition) is 1. The topological polar surface area (TPSA) is 12.0 Å². The molecular formula is C15H13BrClF2N. The van der Waals surface area contributed by atoms with Crippen molar-refractivity contribution in [3.8, 4) is 0 Å². The van der Waals surface area contributed by atoms with Crippen LogP contribution in [0.1, 0.15) is 17.2 Å². The van der Waals surface area contributed by atoms with E-state index in [1.54, 1.807) is 25.2 Å². The summed E-state index contributed by atoms with van der Waals surface area (Å²) in [5, 5.41) is 3.16. The van der Waals surface area contributed by atoms with E-state index in [9.17, 15) is 8.78 Å². The van der Waals surface area contributed by atoms with Gasteiger partial charge in [-0.2, -0.15) is 0 Å².